The smallest absolute Gasteiger partial charge is 0.272 e. The Hall–Kier alpha value is -3.53. The molecule has 0 saturated carbocycles. The van der Waals surface area contributed by atoms with E-state index in [1.807, 2.05) is 4.90 Å². The van der Waals surface area contributed by atoms with Crippen LogP contribution in [0.5, 0.6) is 0 Å². The molecule has 3 heterocycles. The second-order valence-electron chi connectivity index (χ2n) is 7.32. The predicted molar refractivity (Wildman–Crippen MR) is 111 cm³/mol. The van der Waals surface area contributed by atoms with Gasteiger partial charge in [0.05, 0.1) is 24.9 Å². The number of nitrogens with zero attached hydrogens (tertiary/aromatic N) is 4. The van der Waals surface area contributed by atoms with Gasteiger partial charge in [-0.1, -0.05) is 12.1 Å². The van der Waals surface area contributed by atoms with Crippen LogP contribution >= 0.6 is 0 Å². The van der Waals surface area contributed by atoms with E-state index in [1.165, 1.54) is 22.9 Å². The van der Waals surface area contributed by atoms with E-state index in [0.717, 1.165) is 0 Å². The number of hydrogen-bond donors (Lipinski definition) is 2. The van der Waals surface area contributed by atoms with Gasteiger partial charge in [0, 0.05) is 38.8 Å². The minimum absolute atomic E-state index is 0.255. The zero-order valence-electron chi connectivity index (χ0n) is 17.0. The predicted octanol–water partition coefficient (Wildman–Crippen LogP) is 1.19. The van der Waals surface area contributed by atoms with E-state index in [-0.39, 0.29) is 29.4 Å². The molecule has 1 fully saturated rings. The third-order valence-electron chi connectivity index (χ3n) is 5.03. The summed E-state index contributed by atoms with van der Waals surface area (Å²) in [7, 11) is 1.72. The third-order valence-corrected chi connectivity index (χ3v) is 5.03. The van der Waals surface area contributed by atoms with Crippen molar-refractivity contribution in [3.05, 3.63) is 75.7 Å². The first-order chi connectivity index (χ1) is 15.0. The van der Waals surface area contributed by atoms with Crippen molar-refractivity contribution in [1.29, 1.82) is 0 Å². The standard InChI is InChI=1S/C21H23FN6O3/c1-27-7-6-17(26-27)20(30)24-18(14-2-4-15(22)5-3-14)12-16-13-19(29)25-21(23-16)28-8-10-31-11-9-28/h2-7,13,18H,8-12H2,1H3,(H,24,30)(H,23,25,29). The summed E-state index contributed by atoms with van der Waals surface area (Å²) in [4.78, 5) is 34.3. The highest BCUT2D eigenvalue weighted by molar-refractivity contribution is 5.92. The number of aryl methyl sites for hydroxylation is 1. The molecule has 1 saturated heterocycles. The Kier molecular flexibility index (Phi) is 6.08. The highest BCUT2D eigenvalue weighted by Crippen LogP contribution is 2.20. The van der Waals surface area contributed by atoms with Gasteiger partial charge in [0.25, 0.3) is 11.5 Å². The number of ether oxygens (including phenoxy) is 1. The molecule has 2 aromatic heterocycles. The molecule has 9 nitrogen and oxygen atoms in total. The summed E-state index contributed by atoms with van der Waals surface area (Å²) in [6.07, 6.45) is 1.93. The molecule has 4 rings (SSSR count). The number of amides is 1. The highest BCUT2D eigenvalue weighted by Gasteiger charge is 2.21. The molecule has 0 bridgehead atoms. The van der Waals surface area contributed by atoms with E-state index in [9.17, 15) is 14.0 Å². The summed E-state index contributed by atoms with van der Waals surface area (Å²) in [5, 5.41) is 7.05. The van der Waals surface area contributed by atoms with Gasteiger partial charge in [0.15, 0.2) is 0 Å². The van der Waals surface area contributed by atoms with E-state index >= 15 is 0 Å². The van der Waals surface area contributed by atoms with Crippen LogP contribution in [0.1, 0.15) is 27.8 Å². The Morgan fingerprint density at radius 3 is 2.68 bits per heavy atom. The quantitative estimate of drug-likeness (QED) is 0.614. The average molecular weight is 426 g/mol. The summed E-state index contributed by atoms with van der Waals surface area (Å²) in [6.45, 7) is 2.38. The Morgan fingerprint density at radius 2 is 2.00 bits per heavy atom. The number of aromatic amines is 1. The van der Waals surface area contributed by atoms with Crippen LogP contribution in [0.15, 0.2) is 47.4 Å². The molecule has 1 unspecified atom stereocenters. The second kappa shape index (κ2) is 9.09. The van der Waals surface area contributed by atoms with E-state index in [1.54, 1.807) is 31.4 Å². The molecule has 1 atom stereocenters. The van der Waals surface area contributed by atoms with Gasteiger partial charge >= 0.3 is 0 Å². The number of carbonyl (C=O) groups excluding carboxylic acids is 1. The fourth-order valence-electron chi connectivity index (χ4n) is 3.45. The molecule has 162 valence electrons. The summed E-state index contributed by atoms with van der Waals surface area (Å²) in [6, 6.07) is 8.37. The number of aromatic nitrogens is 4. The highest BCUT2D eigenvalue weighted by atomic mass is 19.1. The number of halogens is 1. The van der Waals surface area contributed by atoms with E-state index in [0.29, 0.717) is 43.5 Å². The first kappa shape index (κ1) is 20.7. The van der Waals surface area contributed by atoms with Gasteiger partial charge in [-0.2, -0.15) is 5.10 Å². The largest absolute Gasteiger partial charge is 0.378 e. The van der Waals surface area contributed by atoms with Crippen LogP contribution < -0.4 is 15.8 Å². The Labute approximate surface area is 177 Å². The molecule has 2 N–H and O–H groups in total. The van der Waals surface area contributed by atoms with Crippen molar-refractivity contribution >= 4 is 11.9 Å². The summed E-state index contributed by atoms with van der Waals surface area (Å²) in [5.41, 5.74) is 1.20. The number of anilines is 1. The second-order valence-corrected chi connectivity index (χ2v) is 7.32. The normalized spacial score (nSPS) is 15.0. The van der Waals surface area contributed by atoms with Crippen molar-refractivity contribution in [3.8, 4) is 0 Å². The van der Waals surface area contributed by atoms with Gasteiger partial charge in [0.1, 0.15) is 11.5 Å². The molecule has 31 heavy (non-hydrogen) atoms. The van der Waals surface area contributed by atoms with Crippen LogP contribution in [0.3, 0.4) is 0 Å². The van der Waals surface area contributed by atoms with Crippen LogP contribution in [0.4, 0.5) is 10.3 Å². The minimum Gasteiger partial charge on any atom is -0.378 e. The maximum atomic E-state index is 13.4. The number of benzene rings is 1. The van der Waals surface area contributed by atoms with Gasteiger partial charge in [-0.15, -0.1) is 0 Å². The number of hydrogen-bond acceptors (Lipinski definition) is 6. The molecule has 0 spiro atoms. The van der Waals surface area contributed by atoms with Crippen LogP contribution in [0.25, 0.3) is 0 Å². The minimum atomic E-state index is -0.526. The number of nitrogens with one attached hydrogen (secondary N) is 2. The Balaban J connectivity index is 1.61. The Bertz CT molecular complexity index is 1100. The SMILES string of the molecule is Cn1ccc(C(=O)NC(Cc2cc(=O)[nH]c(N3CCOCC3)n2)c2ccc(F)cc2)n1. The lowest BCUT2D eigenvalue weighted by Gasteiger charge is -2.27. The lowest BCUT2D eigenvalue weighted by molar-refractivity contribution is 0.0930. The maximum Gasteiger partial charge on any atom is 0.272 e. The lowest BCUT2D eigenvalue weighted by Crippen LogP contribution is -2.38. The molecule has 1 aliphatic heterocycles. The molecule has 0 aliphatic carbocycles. The molecule has 0 radical (unpaired) electrons. The van der Waals surface area contributed by atoms with Crippen molar-refractivity contribution < 1.29 is 13.9 Å². The summed E-state index contributed by atoms with van der Waals surface area (Å²) >= 11 is 0. The molecule has 1 amide bonds. The number of morpholine rings is 1. The van der Waals surface area contributed by atoms with Gasteiger partial charge in [-0.05, 0) is 23.8 Å². The third kappa shape index (κ3) is 5.15. The first-order valence-electron chi connectivity index (χ1n) is 9.97. The van der Waals surface area contributed by atoms with Gasteiger partial charge < -0.3 is 15.0 Å². The maximum absolute atomic E-state index is 13.4. The van der Waals surface area contributed by atoms with Crippen molar-refractivity contribution in [2.45, 2.75) is 12.5 Å². The molecule has 1 aliphatic rings. The van der Waals surface area contributed by atoms with Gasteiger partial charge in [0.2, 0.25) is 5.95 Å². The molecule has 3 aromatic rings. The van der Waals surface area contributed by atoms with Crippen molar-refractivity contribution in [2.75, 3.05) is 31.2 Å². The molecular weight excluding hydrogens is 403 g/mol. The number of carbonyl (C=O) groups is 1. The van der Waals surface area contributed by atoms with Crippen LogP contribution in [0.2, 0.25) is 0 Å². The van der Waals surface area contributed by atoms with Crippen LogP contribution in [-0.2, 0) is 18.2 Å². The number of H-pyrrole nitrogens is 1. The fourth-order valence-corrected chi connectivity index (χ4v) is 3.45. The van der Waals surface area contributed by atoms with Crippen LogP contribution in [0, 0.1) is 5.82 Å². The van der Waals surface area contributed by atoms with Gasteiger partial charge in [-0.3, -0.25) is 19.3 Å². The van der Waals surface area contributed by atoms with Crippen LogP contribution in [-0.4, -0.2) is 52.0 Å². The van der Waals surface area contributed by atoms with Crippen molar-refractivity contribution in [3.63, 3.8) is 0 Å². The molecule has 10 heteroatoms. The molecule has 1 aromatic carbocycles. The van der Waals surface area contributed by atoms with Crippen molar-refractivity contribution in [1.82, 2.24) is 25.1 Å². The molecular formula is C21H23FN6O3. The lowest BCUT2D eigenvalue weighted by atomic mass is 10.0. The zero-order valence-corrected chi connectivity index (χ0v) is 17.0. The topological polar surface area (TPSA) is 105 Å². The summed E-state index contributed by atoms with van der Waals surface area (Å²) in [5.74, 6) is -0.268. The van der Waals surface area contributed by atoms with E-state index < -0.39 is 6.04 Å². The summed E-state index contributed by atoms with van der Waals surface area (Å²) < 4.78 is 20.3. The first-order valence-corrected chi connectivity index (χ1v) is 9.97. The van der Waals surface area contributed by atoms with Gasteiger partial charge in [-0.25, -0.2) is 9.37 Å². The van der Waals surface area contributed by atoms with Crippen molar-refractivity contribution in [2.24, 2.45) is 7.05 Å². The van der Waals surface area contributed by atoms with E-state index in [2.05, 4.69) is 20.4 Å². The monoisotopic (exact) mass is 426 g/mol. The number of rotatable bonds is 6. The fraction of sp³-hybridized carbons (Fsp3) is 0.333. The zero-order chi connectivity index (χ0) is 21.8. The van der Waals surface area contributed by atoms with E-state index in [4.69, 9.17) is 4.74 Å². The Morgan fingerprint density at radius 1 is 1.26 bits per heavy atom. The average Bonchev–Trinajstić information content (AvgIpc) is 3.20.